The van der Waals surface area contributed by atoms with Crippen molar-refractivity contribution in [3.63, 3.8) is 0 Å². The molecule has 1 unspecified atom stereocenters. The molecule has 24 heavy (non-hydrogen) atoms. The Hall–Kier alpha value is -2.31. The van der Waals surface area contributed by atoms with Crippen molar-refractivity contribution in [1.29, 1.82) is 0 Å². The van der Waals surface area contributed by atoms with Crippen molar-refractivity contribution in [1.82, 2.24) is 30.2 Å². The van der Waals surface area contributed by atoms with E-state index in [1.165, 1.54) is 11.3 Å². The molecule has 2 aromatic rings. The molecule has 2 heterocycles. The number of nitrogens with zero attached hydrogens (tertiary/aromatic N) is 5. The first-order chi connectivity index (χ1) is 11.5. The lowest BCUT2D eigenvalue weighted by Gasteiger charge is -2.16. The number of aryl methyl sites for hydroxylation is 2. The molecule has 2 rings (SSSR count). The minimum absolute atomic E-state index is 0.454. The van der Waals surface area contributed by atoms with Crippen LogP contribution in [0.25, 0.3) is 0 Å². The Balaban J connectivity index is 1.92. The molecule has 0 amide bonds. The zero-order valence-corrected chi connectivity index (χ0v) is 15.4. The highest BCUT2D eigenvalue weighted by Crippen LogP contribution is 2.12. The monoisotopic (exact) mass is 331 g/mol. The van der Waals surface area contributed by atoms with E-state index in [0.717, 1.165) is 31.3 Å². The third-order valence-corrected chi connectivity index (χ3v) is 4.07. The SMILES string of the molecule is CCNC(=NCc1c(C)nn(C)c1C)NCC(C)Cn1cccn1. The third-order valence-electron chi connectivity index (χ3n) is 4.07. The van der Waals surface area contributed by atoms with Crippen molar-refractivity contribution in [2.45, 2.75) is 40.8 Å². The molecule has 0 aromatic carbocycles. The van der Waals surface area contributed by atoms with Crippen LogP contribution in [0.2, 0.25) is 0 Å². The Morgan fingerprint density at radius 2 is 2.12 bits per heavy atom. The van der Waals surface area contributed by atoms with Gasteiger partial charge in [-0.25, -0.2) is 4.99 Å². The van der Waals surface area contributed by atoms with E-state index >= 15 is 0 Å². The maximum atomic E-state index is 4.71. The second-order valence-corrected chi connectivity index (χ2v) is 6.18. The highest BCUT2D eigenvalue weighted by atomic mass is 15.3. The summed E-state index contributed by atoms with van der Waals surface area (Å²) in [6.07, 6.45) is 3.80. The van der Waals surface area contributed by atoms with Crippen molar-refractivity contribution in [2.24, 2.45) is 18.0 Å². The fraction of sp³-hybridized carbons (Fsp3) is 0.588. The van der Waals surface area contributed by atoms with E-state index in [1.807, 2.05) is 41.8 Å². The van der Waals surface area contributed by atoms with Crippen LogP contribution in [0.15, 0.2) is 23.5 Å². The number of hydrogen-bond acceptors (Lipinski definition) is 3. The first-order valence-electron chi connectivity index (χ1n) is 8.50. The molecule has 0 fully saturated rings. The summed E-state index contributed by atoms with van der Waals surface area (Å²) in [5.74, 6) is 1.29. The summed E-state index contributed by atoms with van der Waals surface area (Å²) in [5, 5.41) is 15.4. The average molecular weight is 331 g/mol. The van der Waals surface area contributed by atoms with E-state index in [9.17, 15) is 0 Å². The predicted molar refractivity (Wildman–Crippen MR) is 96.9 cm³/mol. The lowest BCUT2D eigenvalue weighted by Crippen LogP contribution is -2.40. The second-order valence-electron chi connectivity index (χ2n) is 6.18. The molecule has 7 heteroatoms. The molecule has 0 bridgehead atoms. The van der Waals surface area contributed by atoms with Crippen LogP contribution in [0.3, 0.4) is 0 Å². The standard InChI is InChI=1S/C17H29N7/c1-6-18-17(19-10-13(2)12-24-9-7-8-21-24)20-11-16-14(3)22-23(5)15(16)4/h7-9,13H,6,10-12H2,1-5H3,(H2,18,19,20). The zero-order chi connectivity index (χ0) is 17.5. The molecule has 0 saturated carbocycles. The molecule has 0 saturated heterocycles. The number of hydrogen-bond donors (Lipinski definition) is 2. The highest BCUT2D eigenvalue weighted by molar-refractivity contribution is 5.79. The first kappa shape index (κ1) is 18.0. The highest BCUT2D eigenvalue weighted by Gasteiger charge is 2.09. The number of guanidine groups is 1. The van der Waals surface area contributed by atoms with Gasteiger partial charge >= 0.3 is 0 Å². The number of aromatic nitrogens is 4. The van der Waals surface area contributed by atoms with E-state index in [2.05, 4.69) is 41.6 Å². The van der Waals surface area contributed by atoms with E-state index < -0.39 is 0 Å². The molecular weight excluding hydrogens is 302 g/mol. The predicted octanol–water partition coefficient (Wildman–Crippen LogP) is 1.62. The maximum Gasteiger partial charge on any atom is 0.191 e. The Labute approximate surface area is 144 Å². The van der Waals surface area contributed by atoms with Crippen LogP contribution < -0.4 is 10.6 Å². The molecule has 0 aliphatic heterocycles. The van der Waals surface area contributed by atoms with Gasteiger partial charge in [-0.15, -0.1) is 0 Å². The molecule has 132 valence electrons. The smallest absolute Gasteiger partial charge is 0.191 e. The molecule has 2 N–H and O–H groups in total. The molecule has 7 nitrogen and oxygen atoms in total. The third kappa shape index (κ3) is 4.84. The van der Waals surface area contributed by atoms with Crippen LogP contribution in [-0.4, -0.2) is 38.6 Å². The molecule has 0 spiro atoms. The van der Waals surface area contributed by atoms with E-state index in [4.69, 9.17) is 4.99 Å². The molecular formula is C17H29N7. The summed E-state index contributed by atoms with van der Waals surface area (Å²) in [5.41, 5.74) is 3.40. The van der Waals surface area contributed by atoms with Crippen molar-refractivity contribution >= 4 is 5.96 Å². The minimum atomic E-state index is 0.454. The topological polar surface area (TPSA) is 72.1 Å². The van der Waals surface area contributed by atoms with Crippen LogP contribution in [-0.2, 0) is 20.1 Å². The van der Waals surface area contributed by atoms with Gasteiger partial charge in [0.15, 0.2) is 5.96 Å². The van der Waals surface area contributed by atoms with E-state index in [0.29, 0.717) is 12.5 Å². The minimum Gasteiger partial charge on any atom is -0.357 e. The zero-order valence-electron chi connectivity index (χ0n) is 15.4. The first-order valence-corrected chi connectivity index (χ1v) is 8.50. The van der Waals surface area contributed by atoms with Gasteiger partial charge in [0, 0.05) is 50.3 Å². The normalized spacial score (nSPS) is 13.1. The van der Waals surface area contributed by atoms with Crippen LogP contribution in [0, 0.1) is 19.8 Å². The Morgan fingerprint density at radius 1 is 1.33 bits per heavy atom. The van der Waals surface area contributed by atoms with Gasteiger partial charge in [0.25, 0.3) is 0 Å². The van der Waals surface area contributed by atoms with Crippen molar-refractivity contribution in [3.05, 3.63) is 35.4 Å². The lowest BCUT2D eigenvalue weighted by molar-refractivity contribution is 0.443. The van der Waals surface area contributed by atoms with Crippen LogP contribution in [0.1, 0.15) is 30.8 Å². The van der Waals surface area contributed by atoms with Gasteiger partial charge in [-0.1, -0.05) is 6.92 Å². The summed E-state index contributed by atoms with van der Waals surface area (Å²) in [6.45, 7) is 11.6. The lowest BCUT2D eigenvalue weighted by atomic mass is 10.2. The fourth-order valence-corrected chi connectivity index (χ4v) is 2.61. The van der Waals surface area contributed by atoms with Gasteiger partial charge in [0.2, 0.25) is 0 Å². The molecule has 2 aromatic heterocycles. The van der Waals surface area contributed by atoms with Gasteiger partial charge < -0.3 is 10.6 Å². The maximum absolute atomic E-state index is 4.71. The summed E-state index contributed by atoms with van der Waals surface area (Å²) in [4.78, 5) is 4.71. The fourth-order valence-electron chi connectivity index (χ4n) is 2.61. The van der Waals surface area contributed by atoms with Crippen LogP contribution >= 0.6 is 0 Å². The summed E-state index contributed by atoms with van der Waals surface area (Å²) < 4.78 is 3.87. The summed E-state index contributed by atoms with van der Waals surface area (Å²) in [7, 11) is 1.97. The van der Waals surface area contributed by atoms with Crippen LogP contribution in [0.5, 0.6) is 0 Å². The van der Waals surface area contributed by atoms with E-state index in [1.54, 1.807) is 0 Å². The van der Waals surface area contributed by atoms with Crippen molar-refractivity contribution < 1.29 is 0 Å². The van der Waals surface area contributed by atoms with Gasteiger partial charge in [-0.05, 0) is 32.8 Å². The van der Waals surface area contributed by atoms with Crippen LogP contribution in [0.4, 0.5) is 0 Å². The van der Waals surface area contributed by atoms with Crippen molar-refractivity contribution in [3.8, 4) is 0 Å². The van der Waals surface area contributed by atoms with Gasteiger partial charge in [-0.3, -0.25) is 9.36 Å². The largest absolute Gasteiger partial charge is 0.357 e. The van der Waals surface area contributed by atoms with Gasteiger partial charge in [0.05, 0.1) is 12.2 Å². The summed E-state index contributed by atoms with van der Waals surface area (Å²) >= 11 is 0. The van der Waals surface area contributed by atoms with Gasteiger partial charge in [-0.2, -0.15) is 10.2 Å². The second kappa shape index (κ2) is 8.52. The number of aliphatic imine (C=N–C) groups is 1. The van der Waals surface area contributed by atoms with Gasteiger partial charge in [0.1, 0.15) is 0 Å². The number of rotatable bonds is 7. The Morgan fingerprint density at radius 3 is 2.71 bits per heavy atom. The summed E-state index contributed by atoms with van der Waals surface area (Å²) in [6, 6.07) is 1.95. The quantitative estimate of drug-likeness (QED) is 0.597. The average Bonchev–Trinajstić information content (AvgIpc) is 3.12. The number of nitrogens with one attached hydrogen (secondary N) is 2. The Bertz CT molecular complexity index is 655. The molecule has 1 atom stereocenters. The van der Waals surface area contributed by atoms with Crippen molar-refractivity contribution in [2.75, 3.05) is 13.1 Å². The Kier molecular flexibility index (Phi) is 6.40. The molecule has 0 aliphatic carbocycles. The molecule has 0 radical (unpaired) electrons. The van der Waals surface area contributed by atoms with E-state index in [-0.39, 0.29) is 0 Å². The molecule has 0 aliphatic rings.